The summed E-state index contributed by atoms with van der Waals surface area (Å²) in [6.45, 7) is 0. The first kappa shape index (κ1) is 15.2. The molecule has 3 heteroatoms. The van der Waals surface area contributed by atoms with Gasteiger partial charge in [-0.3, -0.25) is 0 Å². The van der Waals surface area contributed by atoms with Gasteiger partial charge in [0.2, 0.25) is 0 Å². The van der Waals surface area contributed by atoms with Crippen LogP contribution >= 0.6 is 41.1 Å². The lowest BCUT2D eigenvalue weighted by atomic mass is 9.99. The molecule has 0 amide bonds. The van der Waals surface area contributed by atoms with E-state index in [1.807, 2.05) is 0 Å². The summed E-state index contributed by atoms with van der Waals surface area (Å²) < 4.78 is 1.27. The Labute approximate surface area is 143 Å². The Hall–Kier alpha value is -0.750. The number of rotatable bonds is 2. The van der Waals surface area contributed by atoms with E-state index >= 15 is 0 Å². The predicted molar refractivity (Wildman–Crippen MR) is 109 cm³/mol. The van der Waals surface area contributed by atoms with Crippen molar-refractivity contribution in [3.05, 3.63) is 70.3 Å². The van der Waals surface area contributed by atoms with Gasteiger partial charge in [0, 0.05) is 3.57 Å². The van der Waals surface area contributed by atoms with Crippen molar-refractivity contribution in [3.8, 4) is 22.3 Å². The fourth-order valence-electron chi connectivity index (χ4n) is 2.26. The Morgan fingerprint density at radius 3 is 1.86 bits per heavy atom. The number of hydrogen-bond acceptors (Lipinski definition) is 0. The maximum atomic E-state index is 2.77. The van der Waals surface area contributed by atoms with Gasteiger partial charge in [-0.25, -0.2) is 0 Å². The van der Waals surface area contributed by atoms with Crippen LogP contribution in [0.15, 0.2) is 66.7 Å². The van der Waals surface area contributed by atoms with Crippen LogP contribution in [0.3, 0.4) is 0 Å². The second-order valence-electron chi connectivity index (χ2n) is 4.94. The standard InChI is InChI=1S/C18H15IP2/c19-17-11-15(6-9-18(17)21)14-3-1-2-13(10-14)12-4-7-16(20)8-5-12/h1-11H,20-21H2. The molecule has 0 aliphatic carbocycles. The van der Waals surface area contributed by atoms with E-state index in [0.29, 0.717) is 0 Å². The minimum atomic E-state index is 1.21. The average molecular weight is 420 g/mol. The lowest BCUT2D eigenvalue weighted by Crippen LogP contribution is -1.95. The summed E-state index contributed by atoms with van der Waals surface area (Å²) in [5, 5.41) is 2.45. The maximum Gasteiger partial charge on any atom is 0.0208 e. The summed E-state index contributed by atoms with van der Waals surface area (Å²) in [6.07, 6.45) is 0. The normalized spacial score (nSPS) is 10.6. The fourth-order valence-corrected chi connectivity index (χ4v) is 3.15. The van der Waals surface area contributed by atoms with Crippen LogP contribution in [0.25, 0.3) is 22.3 Å². The minimum absolute atomic E-state index is 1.21. The van der Waals surface area contributed by atoms with Crippen molar-refractivity contribution in [1.29, 1.82) is 0 Å². The van der Waals surface area contributed by atoms with Crippen LogP contribution in [-0.4, -0.2) is 0 Å². The van der Waals surface area contributed by atoms with E-state index in [1.54, 1.807) is 0 Å². The summed E-state index contributed by atoms with van der Waals surface area (Å²) in [5.41, 5.74) is 5.02. The van der Waals surface area contributed by atoms with Crippen LogP contribution < -0.4 is 10.6 Å². The summed E-state index contributed by atoms with van der Waals surface area (Å²) in [5.74, 6) is 0. The molecule has 0 fully saturated rings. The van der Waals surface area contributed by atoms with Crippen LogP contribution in [0.2, 0.25) is 0 Å². The molecule has 0 saturated carbocycles. The molecule has 104 valence electrons. The van der Waals surface area contributed by atoms with Gasteiger partial charge in [-0.15, -0.1) is 18.5 Å². The van der Waals surface area contributed by atoms with Crippen LogP contribution in [0, 0.1) is 3.57 Å². The van der Waals surface area contributed by atoms with Crippen molar-refractivity contribution in [2.45, 2.75) is 0 Å². The van der Waals surface area contributed by atoms with Crippen molar-refractivity contribution in [3.63, 3.8) is 0 Å². The first-order chi connectivity index (χ1) is 10.1. The van der Waals surface area contributed by atoms with Gasteiger partial charge in [0.25, 0.3) is 0 Å². The highest BCUT2D eigenvalue weighted by molar-refractivity contribution is 14.1. The summed E-state index contributed by atoms with van der Waals surface area (Å²) in [4.78, 5) is 0. The second-order valence-corrected chi connectivity index (χ2v) is 7.39. The number of halogens is 1. The predicted octanol–water partition coefficient (Wildman–Crippen LogP) is 4.63. The topological polar surface area (TPSA) is 0 Å². The summed E-state index contributed by atoms with van der Waals surface area (Å²) >= 11 is 2.38. The van der Waals surface area contributed by atoms with Crippen molar-refractivity contribution in [2.75, 3.05) is 0 Å². The highest BCUT2D eigenvalue weighted by Gasteiger charge is 2.03. The van der Waals surface area contributed by atoms with Gasteiger partial charge in [-0.2, -0.15) is 0 Å². The molecule has 0 heterocycles. The molecular weight excluding hydrogens is 405 g/mol. The largest absolute Gasteiger partial charge is 0.106 e. The van der Waals surface area contributed by atoms with E-state index in [0.717, 1.165) is 0 Å². The lowest BCUT2D eigenvalue weighted by Gasteiger charge is -2.08. The third-order valence-corrected chi connectivity index (χ3v) is 5.85. The summed E-state index contributed by atoms with van der Waals surface area (Å²) in [6, 6.07) is 23.8. The van der Waals surface area contributed by atoms with E-state index in [4.69, 9.17) is 0 Å². The fraction of sp³-hybridized carbons (Fsp3) is 0. The van der Waals surface area contributed by atoms with Gasteiger partial charge in [-0.05, 0) is 67.6 Å². The molecule has 0 saturated heterocycles. The average Bonchev–Trinajstić information content (AvgIpc) is 2.51. The first-order valence-corrected chi connectivity index (χ1v) is 8.88. The molecule has 3 aromatic carbocycles. The lowest BCUT2D eigenvalue weighted by molar-refractivity contribution is 1.59. The molecule has 3 aromatic rings. The molecule has 0 aromatic heterocycles. The molecule has 2 atom stereocenters. The molecular formula is C18H15IP2. The molecule has 21 heavy (non-hydrogen) atoms. The van der Waals surface area contributed by atoms with E-state index in [1.165, 1.54) is 36.4 Å². The Balaban J connectivity index is 2.03. The third-order valence-electron chi connectivity index (χ3n) is 3.44. The highest BCUT2D eigenvalue weighted by Crippen LogP contribution is 2.27. The molecule has 0 radical (unpaired) electrons. The Bertz CT molecular complexity index is 779. The molecule has 0 spiro atoms. The number of hydrogen-bond donors (Lipinski definition) is 0. The van der Waals surface area contributed by atoms with Crippen molar-refractivity contribution in [2.24, 2.45) is 0 Å². The van der Waals surface area contributed by atoms with E-state index in [-0.39, 0.29) is 0 Å². The van der Waals surface area contributed by atoms with Crippen molar-refractivity contribution in [1.82, 2.24) is 0 Å². The van der Waals surface area contributed by atoms with Gasteiger partial charge < -0.3 is 0 Å². The van der Waals surface area contributed by atoms with E-state index in [2.05, 4.69) is 108 Å². The highest BCUT2D eigenvalue weighted by atomic mass is 127. The van der Waals surface area contributed by atoms with Gasteiger partial charge in [0.05, 0.1) is 0 Å². The minimum Gasteiger partial charge on any atom is -0.106 e. The summed E-state index contributed by atoms with van der Waals surface area (Å²) in [7, 11) is 5.49. The second kappa shape index (κ2) is 6.57. The first-order valence-electron chi connectivity index (χ1n) is 6.65. The zero-order valence-electron chi connectivity index (χ0n) is 11.4. The van der Waals surface area contributed by atoms with Gasteiger partial charge >= 0.3 is 0 Å². The molecule has 0 aliphatic heterocycles. The Morgan fingerprint density at radius 2 is 1.19 bits per heavy atom. The van der Waals surface area contributed by atoms with Gasteiger partial charge in [0.15, 0.2) is 0 Å². The van der Waals surface area contributed by atoms with Gasteiger partial charge in [-0.1, -0.05) is 54.6 Å². The maximum absolute atomic E-state index is 2.77. The zero-order chi connectivity index (χ0) is 14.8. The Morgan fingerprint density at radius 1 is 0.619 bits per heavy atom. The monoisotopic (exact) mass is 420 g/mol. The van der Waals surface area contributed by atoms with Crippen LogP contribution in [0.4, 0.5) is 0 Å². The zero-order valence-corrected chi connectivity index (χ0v) is 15.9. The van der Waals surface area contributed by atoms with E-state index in [9.17, 15) is 0 Å². The van der Waals surface area contributed by atoms with Crippen LogP contribution in [0.1, 0.15) is 0 Å². The van der Waals surface area contributed by atoms with Crippen LogP contribution in [0.5, 0.6) is 0 Å². The molecule has 0 N–H and O–H groups in total. The quantitative estimate of drug-likeness (QED) is 0.419. The molecule has 0 nitrogen and oxygen atoms in total. The molecule has 3 rings (SSSR count). The number of benzene rings is 3. The SMILES string of the molecule is Pc1ccc(-c2cccc(-c3ccc(P)c(I)c3)c2)cc1. The van der Waals surface area contributed by atoms with Crippen molar-refractivity contribution >= 4 is 51.7 Å². The Kier molecular flexibility index (Phi) is 4.74. The molecule has 0 bridgehead atoms. The van der Waals surface area contributed by atoms with Gasteiger partial charge in [0.1, 0.15) is 0 Å². The third kappa shape index (κ3) is 3.54. The smallest absolute Gasteiger partial charge is 0.0208 e. The molecule has 0 aliphatic rings. The molecule has 2 unspecified atom stereocenters. The van der Waals surface area contributed by atoms with Crippen LogP contribution in [-0.2, 0) is 0 Å². The van der Waals surface area contributed by atoms with Crippen molar-refractivity contribution < 1.29 is 0 Å². The van der Waals surface area contributed by atoms with E-state index < -0.39 is 0 Å².